The third-order valence-corrected chi connectivity index (χ3v) is 2.73. The summed E-state index contributed by atoms with van der Waals surface area (Å²) in [7, 11) is 0. The molecule has 1 rings (SSSR count). The van der Waals surface area contributed by atoms with Gasteiger partial charge in [0.15, 0.2) is 0 Å². The third kappa shape index (κ3) is 5.26. The van der Waals surface area contributed by atoms with E-state index in [0.29, 0.717) is 18.0 Å². The van der Waals surface area contributed by atoms with Gasteiger partial charge in [0.1, 0.15) is 11.4 Å². The average molecular weight is 268 g/mol. The van der Waals surface area contributed by atoms with E-state index in [0.717, 1.165) is 0 Å². The van der Waals surface area contributed by atoms with Gasteiger partial charge in [-0.3, -0.25) is 0 Å². The monoisotopic (exact) mass is 268 g/mol. The Labute approximate surface area is 113 Å². The van der Waals surface area contributed by atoms with Crippen LogP contribution >= 0.6 is 0 Å². The van der Waals surface area contributed by atoms with E-state index >= 15 is 0 Å². The van der Waals surface area contributed by atoms with Gasteiger partial charge in [0.2, 0.25) is 0 Å². The van der Waals surface area contributed by atoms with Crippen molar-refractivity contribution in [3.05, 3.63) is 35.6 Å². The van der Waals surface area contributed by atoms with Gasteiger partial charge in [0, 0.05) is 6.54 Å². The van der Waals surface area contributed by atoms with Gasteiger partial charge < -0.3 is 15.7 Å². The van der Waals surface area contributed by atoms with Gasteiger partial charge in [0.05, 0.1) is 6.54 Å². The van der Waals surface area contributed by atoms with Crippen LogP contribution in [0.1, 0.15) is 26.3 Å². The van der Waals surface area contributed by atoms with Gasteiger partial charge in [0.25, 0.3) is 0 Å². The molecule has 3 N–H and O–H groups in total. The molecule has 5 heteroatoms. The minimum atomic E-state index is -1.23. The first-order chi connectivity index (χ1) is 8.81. The number of hydrogen-bond acceptors (Lipinski definition) is 2. The molecule has 4 nitrogen and oxygen atoms in total. The van der Waals surface area contributed by atoms with Crippen LogP contribution in [0.3, 0.4) is 0 Å². The predicted molar refractivity (Wildman–Crippen MR) is 72.2 cm³/mol. The molecule has 0 bridgehead atoms. The number of urea groups is 1. The van der Waals surface area contributed by atoms with Crippen LogP contribution in [0, 0.1) is 11.7 Å². The molecule has 0 saturated carbocycles. The summed E-state index contributed by atoms with van der Waals surface area (Å²) in [4.78, 5) is 11.5. The van der Waals surface area contributed by atoms with E-state index in [4.69, 9.17) is 0 Å². The molecule has 0 spiro atoms. The molecule has 1 unspecified atom stereocenters. The van der Waals surface area contributed by atoms with E-state index in [2.05, 4.69) is 10.6 Å². The van der Waals surface area contributed by atoms with Crippen LogP contribution in [0.4, 0.5) is 9.18 Å². The van der Waals surface area contributed by atoms with Crippen LogP contribution in [-0.2, 0) is 5.60 Å². The number of benzene rings is 1. The first kappa shape index (κ1) is 15.4. The summed E-state index contributed by atoms with van der Waals surface area (Å²) in [5.74, 6) is 0.00513. The van der Waals surface area contributed by atoms with Gasteiger partial charge in [-0.05, 0) is 30.5 Å². The third-order valence-electron chi connectivity index (χ3n) is 2.73. The highest BCUT2D eigenvalue weighted by Crippen LogP contribution is 2.19. The molecular weight excluding hydrogens is 247 g/mol. The van der Waals surface area contributed by atoms with Crippen molar-refractivity contribution in [1.29, 1.82) is 0 Å². The first-order valence-electron chi connectivity index (χ1n) is 6.31. The summed E-state index contributed by atoms with van der Waals surface area (Å²) in [6.45, 7) is 6.19. The molecule has 0 aliphatic heterocycles. The van der Waals surface area contributed by atoms with Crippen LogP contribution < -0.4 is 10.6 Å². The number of carbonyl (C=O) groups is 1. The fraction of sp³-hybridized carbons (Fsp3) is 0.500. The number of rotatable bonds is 5. The minimum Gasteiger partial charge on any atom is -0.384 e. The number of amides is 2. The average Bonchev–Trinajstić information content (AvgIpc) is 2.34. The maximum absolute atomic E-state index is 12.8. The Morgan fingerprint density at radius 2 is 1.89 bits per heavy atom. The molecule has 0 heterocycles. The molecule has 0 radical (unpaired) electrons. The maximum atomic E-state index is 12.8. The lowest BCUT2D eigenvalue weighted by Crippen LogP contribution is -2.44. The minimum absolute atomic E-state index is 0.0581. The van der Waals surface area contributed by atoms with Crippen molar-refractivity contribution in [3.63, 3.8) is 0 Å². The van der Waals surface area contributed by atoms with Crippen molar-refractivity contribution in [2.45, 2.75) is 26.4 Å². The smallest absolute Gasteiger partial charge is 0.314 e. The van der Waals surface area contributed by atoms with Gasteiger partial charge in [-0.25, -0.2) is 9.18 Å². The fourth-order valence-electron chi connectivity index (χ4n) is 1.52. The zero-order valence-corrected chi connectivity index (χ0v) is 11.5. The molecular formula is C14H21FN2O2. The molecule has 1 aromatic carbocycles. The van der Waals surface area contributed by atoms with E-state index in [1.54, 1.807) is 6.92 Å². The Morgan fingerprint density at radius 3 is 2.42 bits per heavy atom. The lowest BCUT2D eigenvalue weighted by molar-refractivity contribution is 0.0593. The predicted octanol–water partition coefficient (Wildman–Crippen LogP) is 1.99. The number of hydrogen-bond donors (Lipinski definition) is 3. The van der Waals surface area contributed by atoms with E-state index < -0.39 is 5.60 Å². The summed E-state index contributed by atoms with van der Waals surface area (Å²) in [6, 6.07) is 5.24. The van der Waals surface area contributed by atoms with Crippen molar-refractivity contribution in [2.24, 2.45) is 5.92 Å². The SMILES string of the molecule is CC(C)CNC(=O)NCC(C)(O)c1ccc(F)cc1. The number of aliphatic hydroxyl groups is 1. The summed E-state index contributed by atoms with van der Waals surface area (Å²) in [5.41, 5.74) is -0.680. The molecule has 0 aromatic heterocycles. The Morgan fingerprint density at radius 1 is 1.32 bits per heavy atom. The highest BCUT2D eigenvalue weighted by Gasteiger charge is 2.23. The summed E-state index contributed by atoms with van der Waals surface area (Å²) in [6.07, 6.45) is 0. The molecule has 1 atom stereocenters. The summed E-state index contributed by atoms with van der Waals surface area (Å²) < 4.78 is 12.8. The second kappa shape index (κ2) is 6.52. The summed E-state index contributed by atoms with van der Waals surface area (Å²) in [5, 5.41) is 15.5. The van der Waals surface area contributed by atoms with E-state index in [1.807, 2.05) is 13.8 Å². The standard InChI is InChI=1S/C14H21FN2O2/c1-10(2)8-16-13(18)17-9-14(3,19)11-4-6-12(15)7-5-11/h4-7,10,19H,8-9H2,1-3H3,(H2,16,17,18). The van der Waals surface area contributed by atoms with E-state index in [1.165, 1.54) is 24.3 Å². The molecule has 0 saturated heterocycles. The van der Waals surface area contributed by atoms with Gasteiger partial charge in [-0.2, -0.15) is 0 Å². The highest BCUT2D eigenvalue weighted by atomic mass is 19.1. The Hall–Kier alpha value is -1.62. The van der Waals surface area contributed by atoms with Crippen molar-refractivity contribution in [1.82, 2.24) is 10.6 Å². The van der Waals surface area contributed by atoms with Crippen LogP contribution in [-0.4, -0.2) is 24.2 Å². The van der Waals surface area contributed by atoms with Crippen LogP contribution in [0.5, 0.6) is 0 Å². The van der Waals surface area contributed by atoms with Crippen LogP contribution in [0.15, 0.2) is 24.3 Å². The highest BCUT2D eigenvalue weighted by molar-refractivity contribution is 5.73. The van der Waals surface area contributed by atoms with Crippen molar-refractivity contribution >= 4 is 6.03 Å². The van der Waals surface area contributed by atoms with E-state index in [9.17, 15) is 14.3 Å². The fourth-order valence-corrected chi connectivity index (χ4v) is 1.52. The molecule has 0 fully saturated rings. The zero-order chi connectivity index (χ0) is 14.5. The second-order valence-corrected chi connectivity index (χ2v) is 5.24. The van der Waals surface area contributed by atoms with Crippen LogP contribution in [0.25, 0.3) is 0 Å². The number of halogens is 1. The Balaban J connectivity index is 2.50. The van der Waals surface area contributed by atoms with Crippen molar-refractivity contribution < 1.29 is 14.3 Å². The van der Waals surface area contributed by atoms with Gasteiger partial charge >= 0.3 is 6.03 Å². The molecule has 106 valence electrons. The van der Waals surface area contributed by atoms with E-state index in [-0.39, 0.29) is 18.4 Å². The lowest BCUT2D eigenvalue weighted by atomic mass is 9.96. The van der Waals surface area contributed by atoms with Gasteiger partial charge in [-0.1, -0.05) is 26.0 Å². The largest absolute Gasteiger partial charge is 0.384 e. The molecule has 0 aliphatic rings. The van der Waals surface area contributed by atoms with Crippen LogP contribution in [0.2, 0.25) is 0 Å². The lowest BCUT2D eigenvalue weighted by Gasteiger charge is -2.24. The van der Waals surface area contributed by atoms with Gasteiger partial charge in [-0.15, -0.1) is 0 Å². The Kier molecular flexibility index (Phi) is 5.30. The maximum Gasteiger partial charge on any atom is 0.314 e. The Bertz CT molecular complexity index is 416. The van der Waals surface area contributed by atoms with Crippen molar-refractivity contribution in [3.8, 4) is 0 Å². The number of nitrogens with one attached hydrogen (secondary N) is 2. The quantitative estimate of drug-likeness (QED) is 0.764. The summed E-state index contributed by atoms with van der Waals surface area (Å²) >= 11 is 0. The topological polar surface area (TPSA) is 61.4 Å². The normalized spacial score (nSPS) is 14.0. The molecule has 19 heavy (non-hydrogen) atoms. The zero-order valence-electron chi connectivity index (χ0n) is 11.5. The molecule has 2 amide bonds. The second-order valence-electron chi connectivity index (χ2n) is 5.24. The number of carbonyl (C=O) groups excluding carboxylic acids is 1. The first-order valence-corrected chi connectivity index (χ1v) is 6.31. The molecule has 0 aliphatic carbocycles. The molecule has 1 aromatic rings. The van der Waals surface area contributed by atoms with Crippen molar-refractivity contribution in [2.75, 3.05) is 13.1 Å².